The fourth-order valence-corrected chi connectivity index (χ4v) is 6.56. The Kier molecular flexibility index (Phi) is 9.11. The number of carbonyl (C=O) groups is 1. The van der Waals surface area contributed by atoms with E-state index in [1.807, 2.05) is 25.1 Å². The van der Waals surface area contributed by atoms with Gasteiger partial charge >= 0.3 is 29.6 Å². The number of carboxylic acids is 1. The van der Waals surface area contributed by atoms with Gasteiger partial charge in [-0.3, -0.25) is 0 Å². The minimum atomic E-state index is -1.83. The molecule has 37 heavy (non-hydrogen) atoms. The average Bonchev–Trinajstić information content (AvgIpc) is 2.86. The number of aliphatic carboxylic acids is 1. The van der Waals surface area contributed by atoms with E-state index in [-0.39, 0.29) is 29.6 Å². The van der Waals surface area contributed by atoms with Crippen LogP contribution in [0.2, 0.25) is 0 Å². The number of carboxylic acid groups (broad SMARTS) is 1. The smallest absolute Gasteiger partial charge is 0.547 e. The number of carbonyl (C=O) groups excluding carboxylic acids is 1. The van der Waals surface area contributed by atoms with E-state index in [0.29, 0.717) is 17.6 Å². The fraction of sp³-hybridized carbons (Fsp3) is 0.607. The Bertz CT molecular complexity index is 1080. The summed E-state index contributed by atoms with van der Waals surface area (Å²) in [6.07, 6.45) is 0.981. The van der Waals surface area contributed by atoms with Gasteiger partial charge in [0.15, 0.2) is 0 Å². The Hall–Kier alpha value is -1.39. The fourth-order valence-electron chi connectivity index (χ4n) is 6.56. The van der Waals surface area contributed by atoms with Crippen molar-refractivity contribution in [1.82, 2.24) is 0 Å². The van der Waals surface area contributed by atoms with E-state index >= 15 is 0 Å². The van der Waals surface area contributed by atoms with Crippen LogP contribution < -0.4 is 39.4 Å². The summed E-state index contributed by atoms with van der Waals surface area (Å²) < 4.78 is 17.2. The van der Waals surface area contributed by atoms with Crippen molar-refractivity contribution in [2.45, 2.75) is 89.0 Å². The normalized spacial score (nSPS) is 34.7. The Morgan fingerprint density at radius 1 is 1.05 bits per heavy atom. The van der Waals surface area contributed by atoms with Crippen molar-refractivity contribution in [3.8, 4) is 5.75 Å². The van der Waals surface area contributed by atoms with Crippen molar-refractivity contribution in [3.05, 3.63) is 46.0 Å². The Morgan fingerprint density at radius 3 is 2.54 bits per heavy atom. The average molecular weight is 523 g/mol. The molecule has 0 aromatic heterocycles. The standard InChI is InChI=1S/C28H36O8.Na/c1-14-10-11-17(13-20(14)35-28-24(31)22(29)23(30)26(36-28)27(32)33)25(34-2)21-16-7-5-9-19(21)18-8-4-3-6-15(18)12-16;/h10-11,13,16,19,22-24,26,28-31H,3-9,12H2,1-2H3,(H,32,33);/q;+1/p-1/b25-21+;/t16?,19?,22-,23-,24?,26?,28+;/m0./s1. The molecule has 3 N–H and O–H groups in total. The number of aliphatic hydroxyl groups is 3. The van der Waals surface area contributed by atoms with Gasteiger partial charge in [-0.05, 0) is 75.0 Å². The van der Waals surface area contributed by atoms with Crippen LogP contribution in [-0.4, -0.2) is 59.1 Å². The van der Waals surface area contributed by atoms with Gasteiger partial charge in [0.2, 0.25) is 6.29 Å². The number of aliphatic hydroxyl groups excluding tert-OH is 3. The van der Waals surface area contributed by atoms with Crippen LogP contribution in [-0.2, 0) is 14.3 Å². The number of hydrogen-bond donors (Lipinski definition) is 3. The van der Waals surface area contributed by atoms with Crippen LogP contribution in [0.1, 0.15) is 62.5 Å². The topological polar surface area (TPSA) is 129 Å². The van der Waals surface area contributed by atoms with Crippen molar-refractivity contribution in [1.29, 1.82) is 0 Å². The van der Waals surface area contributed by atoms with Gasteiger partial charge in [-0.2, -0.15) is 0 Å². The van der Waals surface area contributed by atoms with E-state index in [1.54, 1.807) is 18.3 Å². The summed E-state index contributed by atoms with van der Waals surface area (Å²) in [7, 11) is 1.69. The van der Waals surface area contributed by atoms with Crippen LogP contribution in [0.3, 0.4) is 0 Å². The molecule has 1 saturated heterocycles. The first-order valence-corrected chi connectivity index (χ1v) is 13.0. The van der Waals surface area contributed by atoms with Crippen LogP contribution >= 0.6 is 0 Å². The van der Waals surface area contributed by atoms with Crippen molar-refractivity contribution in [3.63, 3.8) is 0 Å². The van der Waals surface area contributed by atoms with E-state index in [0.717, 1.165) is 36.1 Å². The maximum Gasteiger partial charge on any atom is 1.00 e. The summed E-state index contributed by atoms with van der Waals surface area (Å²) in [6, 6.07) is 5.67. The molecule has 1 heterocycles. The Morgan fingerprint density at radius 2 is 1.81 bits per heavy atom. The zero-order valence-electron chi connectivity index (χ0n) is 21.8. The van der Waals surface area contributed by atoms with E-state index in [1.165, 1.54) is 37.7 Å². The molecule has 9 heteroatoms. The molecule has 196 valence electrons. The number of benzene rings is 1. The maximum absolute atomic E-state index is 11.4. The first kappa shape index (κ1) is 28.6. The second-order valence-electron chi connectivity index (χ2n) is 10.5. The first-order chi connectivity index (χ1) is 17.3. The van der Waals surface area contributed by atoms with Gasteiger partial charge in [0.05, 0.1) is 13.1 Å². The van der Waals surface area contributed by atoms with Crippen molar-refractivity contribution < 1.29 is 69.0 Å². The minimum Gasteiger partial charge on any atom is -0.547 e. The minimum absolute atomic E-state index is 0. The molecule has 8 nitrogen and oxygen atoms in total. The molecule has 0 amide bonds. The maximum atomic E-state index is 11.4. The molecule has 4 unspecified atom stereocenters. The number of methoxy groups -OCH3 is 1. The number of aryl methyl sites for hydroxylation is 1. The Labute approximate surface area is 239 Å². The molecule has 1 aliphatic heterocycles. The van der Waals surface area contributed by atoms with Crippen LogP contribution in [0, 0.1) is 18.8 Å². The molecule has 1 aromatic carbocycles. The molecule has 2 bridgehead atoms. The molecule has 0 radical (unpaired) electrons. The van der Waals surface area contributed by atoms with Gasteiger partial charge in [-0.25, -0.2) is 0 Å². The number of fused-ring (bicyclic) bond motifs is 3. The van der Waals surface area contributed by atoms with Crippen molar-refractivity contribution in [2.24, 2.45) is 11.8 Å². The molecule has 0 spiro atoms. The van der Waals surface area contributed by atoms with Gasteiger partial charge in [0.1, 0.15) is 35.9 Å². The molecule has 1 saturated carbocycles. The van der Waals surface area contributed by atoms with Crippen LogP contribution in [0.5, 0.6) is 5.75 Å². The second-order valence-corrected chi connectivity index (χ2v) is 10.5. The monoisotopic (exact) mass is 522 g/mol. The van der Waals surface area contributed by atoms with E-state index in [9.17, 15) is 25.2 Å². The Balaban J connectivity index is 0.00000320. The summed E-state index contributed by atoms with van der Waals surface area (Å²) in [6.45, 7) is 1.82. The molecule has 4 aliphatic rings. The van der Waals surface area contributed by atoms with E-state index in [4.69, 9.17) is 14.2 Å². The summed E-state index contributed by atoms with van der Waals surface area (Å²) in [5, 5.41) is 41.8. The third kappa shape index (κ3) is 5.39. The molecule has 7 atom stereocenters. The van der Waals surface area contributed by atoms with Gasteiger partial charge in [0.25, 0.3) is 0 Å². The zero-order valence-corrected chi connectivity index (χ0v) is 23.8. The first-order valence-electron chi connectivity index (χ1n) is 13.0. The largest absolute Gasteiger partial charge is 1.00 e. The van der Waals surface area contributed by atoms with Crippen LogP contribution in [0.15, 0.2) is 34.9 Å². The predicted octanol–water partition coefficient (Wildman–Crippen LogP) is -1.02. The van der Waals surface area contributed by atoms with Crippen LogP contribution in [0.4, 0.5) is 0 Å². The van der Waals surface area contributed by atoms with Gasteiger partial charge < -0.3 is 39.4 Å². The third-order valence-electron chi connectivity index (χ3n) is 8.36. The number of ether oxygens (including phenoxy) is 3. The van der Waals surface area contributed by atoms with Crippen molar-refractivity contribution >= 4 is 11.7 Å². The van der Waals surface area contributed by atoms with Gasteiger partial charge in [-0.15, -0.1) is 0 Å². The van der Waals surface area contributed by atoms with Crippen molar-refractivity contribution in [2.75, 3.05) is 7.11 Å². The summed E-state index contributed by atoms with van der Waals surface area (Å²) in [5.74, 6) is 0.396. The summed E-state index contributed by atoms with van der Waals surface area (Å²) in [4.78, 5) is 11.4. The predicted molar refractivity (Wildman–Crippen MR) is 128 cm³/mol. The second kappa shape index (κ2) is 11.8. The third-order valence-corrected chi connectivity index (χ3v) is 8.36. The molecular formula is C28H35NaO8. The number of rotatable bonds is 5. The molecule has 1 aromatic rings. The van der Waals surface area contributed by atoms with Crippen LogP contribution in [0.25, 0.3) is 5.76 Å². The zero-order chi connectivity index (χ0) is 25.6. The quantitative estimate of drug-likeness (QED) is 0.255. The van der Waals surface area contributed by atoms with Gasteiger partial charge in [-0.1, -0.05) is 29.7 Å². The summed E-state index contributed by atoms with van der Waals surface area (Å²) >= 11 is 0. The van der Waals surface area contributed by atoms with Gasteiger partial charge in [0, 0.05) is 11.5 Å². The molecular weight excluding hydrogens is 487 g/mol. The molecule has 2 fully saturated rings. The SMILES string of the molecule is CO/C(=C1\C2CCCC1C1=C(CCCC1)C2)c1ccc(C)c(O[C@@H]2OC(C(=O)[O-])[C@@H](O)[C@H](O)C2O)c1.[Na+]. The molecule has 5 rings (SSSR count). The van der Waals surface area contributed by atoms with E-state index in [2.05, 4.69) is 0 Å². The van der Waals surface area contributed by atoms with E-state index < -0.39 is 36.7 Å². The number of allylic oxidation sites excluding steroid dienone is 3. The number of hydrogen-bond acceptors (Lipinski definition) is 8. The molecule has 3 aliphatic carbocycles. The summed E-state index contributed by atoms with van der Waals surface area (Å²) in [5.41, 5.74) is 6.22.